The van der Waals surface area contributed by atoms with E-state index in [4.69, 9.17) is 32.7 Å². The van der Waals surface area contributed by atoms with E-state index >= 15 is 0 Å². The molecular weight excluding hydrogens is 513 g/mol. The van der Waals surface area contributed by atoms with Crippen molar-refractivity contribution in [1.82, 2.24) is 5.43 Å². The summed E-state index contributed by atoms with van der Waals surface area (Å²) >= 11 is 11.9. The van der Waals surface area contributed by atoms with Crippen LogP contribution >= 0.6 is 23.2 Å². The highest BCUT2D eigenvalue weighted by atomic mass is 35.5. The second-order valence-corrected chi connectivity index (χ2v) is 10.1. The largest absolute Gasteiger partial charge is 0.493 e. The van der Waals surface area contributed by atoms with Crippen LogP contribution in [0.4, 0.5) is 5.69 Å². The van der Waals surface area contributed by atoms with Crippen molar-refractivity contribution in [1.29, 1.82) is 0 Å². The fourth-order valence-corrected chi connectivity index (χ4v) is 4.14. The number of benzene rings is 3. The van der Waals surface area contributed by atoms with Crippen molar-refractivity contribution < 1.29 is 22.7 Å². The molecule has 1 amide bonds. The van der Waals surface area contributed by atoms with E-state index < -0.39 is 22.5 Å². The first-order valence-electron chi connectivity index (χ1n) is 10.3. The van der Waals surface area contributed by atoms with Gasteiger partial charge in [0.25, 0.3) is 5.91 Å². The molecule has 1 N–H and O–H groups in total. The van der Waals surface area contributed by atoms with Gasteiger partial charge in [-0.1, -0.05) is 53.5 Å². The standard InChI is InChI=1S/C24H23Cl2N3O5S/c1-33-23-12-18(8-11-22(23)34-16-17-6-4-3-5-7-17)14-27-28-24(30)15-29(35(2,31)32)19-9-10-20(25)21(26)13-19/h3-14H,15-16H2,1-2H3,(H,28,30)/b27-14-. The predicted octanol–water partition coefficient (Wildman–Crippen LogP) is 4.50. The Hall–Kier alpha value is -3.27. The maximum absolute atomic E-state index is 12.4. The molecule has 0 fully saturated rings. The van der Waals surface area contributed by atoms with Crippen LogP contribution in [0, 0.1) is 0 Å². The van der Waals surface area contributed by atoms with E-state index in [0.717, 1.165) is 16.1 Å². The zero-order chi connectivity index (χ0) is 25.4. The highest BCUT2D eigenvalue weighted by Gasteiger charge is 2.21. The lowest BCUT2D eigenvalue weighted by Gasteiger charge is -2.21. The lowest BCUT2D eigenvalue weighted by atomic mass is 10.2. The van der Waals surface area contributed by atoms with E-state index in [1.165, 1.54) is 31.5 Å². The molecule has 0 saturated carbocycles. The van der Waals surface area contributed by atoms with Gasteiger partial charge in [0.2, 0.25) is 10.0 Å². The summed E-state index contributed by atoms with van der Waals surface area (Å²) in [7, 11) is -2.25. The SMILES string of the molecule is COc1cc(/C=N\NC(=O)CN(c2ccc(Cl)c(Cl)c2)S(C)(=O)=O)ccc1OCc1ccccc1. The molecule has 0 heterocycles. The molecule has 0 aromatic heterocycles. The second-order valence-electron chi connectivity index (χ2n) is 7.35. The molecule has 3 aromatic rings. The van der Waals surface area contributed by atoms with Crippen LogP contribution in [0.5, 0.6) is 11.5 Å². The van der Waals surface area contributed by atoms with Gasteiger partial charge in [-0.25, -0.2) is 13.8 Å². The third-order valence-electron chi connectivity index (χ3n) is 4.71. The van der Waals surface area contributed by atoms with Gasteiger partial charge in [0, 0.05) is 0 Å². The smallest absolute Gasteiger partial charge is 0.260 e. The van der Waals surface area contributed by atoms with Gasteiger partial charge < -0.3 is 9.47 Å². The van der Waals surface area contributed by atoms with Crippen molar-refractivity contribution in [3.8, 4) is 11.5 Å². The first-order valence-corrected chi connectivity index (χ1v) is 12.9. The topological polar surface area (TPSA) is 97.3 Å². The third kappa shape index (κ3) is 7.61. The fourth-order valence-electron chi connectivity index (χ4n) is 3.00. The molecule has 184 valence electrons. The molecule has 0 atom stereocenters. The number of carbonyl (C=O) groups excluding carboxylic acids is 1. The summed E-state index contributed by atoms with van der Waals surface area (Å²) in [5.74, 6) is 0.412. The van der Waals surface area contributed by atoms with Crippen molar-refractivity contribution in [2.24, 2.45) is 5.10 Å². The summed E-state index contributed by atoms with van der Waals surface area (Å²) in [5, 5.41) is 4.35. The number of halogens is 2. The highest BCUT2D eigenvalue weighted by Crippen LogP contribution is 2.29. The first-order chi connectivity index (χ1) is 16.7. The van der Waals surface area contributed by atoms with Crippen LogP contribution in [0.3, 0.4) is 0 Å². The predicted molar refractivity (Wildman–Crippen MR) is 138 cm³/mol. The minimum atomic E-state index is -3.77. The van der Waals surface area contributed by atoms with Gasteiger partial charge in [0.15, 0.2) is 11.5 Å². The number of methoxy groups -OCH3 is 1. The molecule has 3 rings (SSSR count). The maximum Gasteiger partial charge on any atom is 0.260 e. The Labute approximate surface area is 214 Å². The van der Waals surface area contributed by atoms with Gasteiger partial charge in [-0.3, -0.25) is 9.10 Å². The van der Waals surface area contributed by atoms with Crippen molar-refractivity contribution in [3.63, 3.8) is 0 Å². The van der Waals surface area contributed by atoms with Crippen LogP contribution in [-0.2, 0) is 21.4 Å². The number of hydrazone groups is 1. The normalized spacial score (nSPS) is 11.3. The summed E-state index contributed by atoms with van der Waals surface area (Å²) in [6, 6.07) is 19.2. The molecule has 35 heavy (non-hydrogen) atoms. The molecule has 0 aliphatic rings. The number of hydrogen-bond donors (Lipinski definition) is 1. The number of anilines is 1. The number of rotatable bonds is 10. The highest BCUT2D eigenvalue weighted by molar-refractivity contribution is 7.92. The Bertz CT molecular complexity index is 1320. The third-order valence-corrected chi connectivity index (χ3v) is 6.59. The summed E-state index contributed by atoms with van der Waals surface area (Å²) in [5.41, 5.74) is 4.18. The number of nitrogens with one attached hydrogen (secondary N) is 1. The number of amides is 1. The molecule has 0 unspecified atom stereocenters. The Kier molecular flexibility index (Phi) is 8.97. The molecule has 0 bridgehead atoms. The van der Waals surface area contributed by atoms with Crippen LogP contribution in [0.25, 0.3) is 0 Å². The van der Waals surface area contributed by atoms with E-state index in [2.05, 4.69) is 10.5 Å². The van der Waals surface area contributed by atoms with Crippen LogP contribution in [0.2, 0.25) is 10.0 Å². The van der Waals surface area contributed by atoms with E-state index in [1.807, 2.05) is 30.3 Å². The van der Waals surface area contributed by atoms with Gasteiger partial charge in [-0.05, 0) is 47.5 Å². The zero-order valence-electron chi connectivity index (χ0n) is 18.9. The zero-order valence-corrected chi connectivity index (χ0v) is 21.3. The number of carbonyl (C=O) groups is 1. The average Bonchev–Trinajstić information content (AvgIpc) is 2.83. The molecular formula is C24H23Cl2N3O5S. The summed E-state index contributed by atoms with van der Waals surface area (Å²) in [6.45, 7) is -0.111. The van der Waals surface area contributed by atoms with Crippen molar-refractivity contribution in [3.05, 3.63) is 87.9 Å². The first kappa shape index (κ1) is 26.3. The molecule has 0 spiro atoms. The van der Waals surface area contributed by atoms with Crippen LogP contribution in [0.1, 0.15) is 11.1 Å². The number of hydrogen-bond acceptors (Lipinski definition) is 6. The van der Waals surface area contributed by atoms with Gasteiger partial charge in [-0.2, -0.15) is 5.10 Å². The van der Waals surface area contributed by atoms with Crippen molar-refractivity contribution in [2.75, 3.05) is 24.2 Å². The van der Waals surface area contributed by atoms with E-state index in [0.29, 0.717) is 23.7 Å². The lowest BCUT2D eigenvalue weighted by Crippen LogP contribution is -2.39. The molecule has 0 saturated heterocycles. The molecule has 0 aliphatic heterocycles. The van der Waals surface area contributed by atoms with E-state index in [9.17, 15) is 13.2 Å². The fraction of sp³-hybridized carbons (Fsp3) is 0.167. The van der Waals surface area contributed by atoms with Gasteiger partial charge in [0.05, 0.1) is 35.3 Å². The molecule has 0 radical (unpaired) electrons. The minimum absolute atomic E-state index is 0.168. The van der Waals surface area contributed by atoms with Crippen LogP contribution < -0.4 is 19.2 Å². The van der Waals surface area contributed by atoms with Crippen molar-refractivity contribution >= 4 is 51.0 Å². The summed E-state index contributed by atoms with van der Waals surface area (Å²) < 4.78 is 36.5. The average molecular weight is 536 g/mol. The number of sulfonamides is 1. The van der Waals surface area contributed by atoms with Gasteiger partial charge in [-0.15, -0.1) is 0 Å². The minimum Gasteiger partial charge on any atom is -0.493 e. The number of ether oxygens (including phenoxy) is 2. The summed E-state index contributed by atoms with van der Waals surface area (Å²) in [6.07, 6.45) is 2.39. The van der Waals surface area contributed by atoms with Gasteiger partial charge >= 0.3 is 0 Å². The quantitative estimate of drug-likeness (QED) is 0.304. The lowest BCUT2D eigenvalue weighted by molar-refractivity contribution is -0.119. The Morgan fingerprint density at radius 3 is 2.43 bits per heavy atom. The number of nitrogens with zero attached hydrogens (tertiary/aromatic N) is 2. The van der Waals surface area contributed by atoms with Gasteiger partial charge in [0.1, 0.15) is 13.2 Å². The Morgan fingerprint density at radius 2 is 1.77 bits per heavy atom. The van der Waals surface area contributed by atoms with E-state index in [1.54, 1.807) is 18.2 Å². The Balaban J connectivity index is 1.64. The monoisotopic (exact) mass is 535 g/mol. The Morgan fingerprint density at radius 1 is 1.03 bits per heavy atom. The van der Waals surface area contributed by atoms with Crippen LogP contribution in [-0.4, -0.2) is 40.4 Å². The van der Waals surface area contributed by atoms with Crippen molar-refractivity contribution in [2.45, 2.75) is 6.61 Å². The summed E-state index contributed by atoms with van der Waals surface area (Å²) in [4.78, 5) is 12.4. The van der Waals surface area contributed by atoms with E-state index in [-0.39, 0.29) is 15.7 Å². The maximum atomic E-state index is 12.4. The van der Waals surface area contributed by atoms with Crippen LogP contribution in [0.15, 0.2) is 71.8 Å². The molecule has 8 nitrogen and oxygen atoms in total. The molecule has 0 aliphatic carbocycles. The molecule has 3 aromatic carbocycles. The molecule has 11 heteroatoms. The second kappa shape index (κ2) is 11.9.